The maximum absolute atomic E-state index is 12.6. The zero-order valence-corrected chi connectivity index (χ0v) is 12.1. The number of para-hydroxylation sites is 1. The van der Waals surface area contributed by atoms with E-state index >= 15 is 0 Å². The van der Waals surface area contributed by atoms with Gasteiger partial charge in [0, 0.05) is 19.8 Å². The molecule has 2 rings (SSSR count). The highest BCUT2D eigenvalue weighted by Crippen LogP contribution is 2.23. The summed E-state index contributed by atoms with van der Waals surface area (Å²) in [5.74, 6) is 0.0197. The molecule has 0 spiro atoms. The molecule has 0 bridgehead atoms. The molecule has 1 N–H and O–H groups in total. The molecule has 0 heterocycles. The molecular weight excluding hydrogens is 248 g/mol. The lowest BCUT2D eigenvalue weighted by molar-refractivity contribution is 0.0743. The van der Waals surface area contributed by atoms with Crippen LogP contribution in [0.1, 0.15) is 28.9 Å². The molecule has 0 aliphatic heterocycles. The second kappa shape index (κ2) is 6.24. The molecule has 0 saturated heterocycles. The first kappa shape index (κ1) is 14.1. The van der Waals surface area contributed by atoms with Crippen LogP contribution in [0.15, 0.2) is 54.6 Å². The van der Waals surface area contributed by atoms with Crippen LogP contribution in [0.2, 0.25) is 0 Å². The fourth-order valence-electron chi connectivity index (χ4n) is 2.21. The zero-order chi connectivity index (χ0) is 14.5. The highest BCUT2D eigenvalue weighted by molar-refractivity contribution is 5.99. The van der Waals surface area contributed by atoms with Crippen molar-refractivity contribution in [2.75, 3.05) is 19.4 Å². The molecule has 0 aliphatic rings. The Hall–Kier alpha value is -2.29. The van der Waals surface area contributed by atoms with Gasteiger partial charge in [0.2, 0.25) is 0 Å². The lowest BCUT2D eigenvalue weighted by Gasteiger charge is -2.26. The number of benzene rings is 2. The Bertz CT molecular complexity index is 581. The largest absolute Gasteiger partial charge is 0.387 e. The molecule has 2 aromatic rings. The summed E-state index contributed by atoms with van der Waals surface area (Å²) in [7, 11) is 3.67. The SMILES string of the molecule is CNc1ccccc1C(=O)N(C)C(C)c1ccccc1. The molecule has 0 radical (unpaired) electrons. The van der Waals surface area contributed by atoms with E-state index in [1.807, 2.05) is 75.6 Å². The summed E-state index contributed by atoms with van der Waals surface area (Å²) in [4.78, 5) is 14.4. The predicted molar refractivity (Wildman–Crippen MR) is 82.9 cm³/mol. The lowest BCUT2D eigenvalue weighted by atomic mass is 10.1. The van der Waals surface area contributed by atoms with Crippen molar-refractivity contribution < 1.29 is 4.79 Å². The summed E-state index contributed by atoms with van der Waals surface area (Å²) >= 11 is 0. The van der Waals surface area contributed by atoms with Crippen LogP contribution in [0.5, 0.6) is 0 Å². The van der Waals surface area contributed by atoms with Gasteiger partial charge in [-0.3, -0.25) is 4.79 Å². The average Bonchev–Trinajstić information content (AvgIpc) is 2.53. The molecule has 0 aromatic heterocycles. The van der Waals surface area contributed by atoms with Crippen LogP contribution < -0.4 is 5.32 Å². The van der Waals surface area contributed by atoms with Gasteiger partial charge in [0.15, 0.2) is 0 Å². The molecule has 0 fully saturated rings. The first-order valence-corrected chi connectivity index (χ1v) is 6.74. The smallest absolute Gasteiger partial charge is 0.256 e. The number of anilines is 1. The number of amides is 1. The third-order valence-corrected chi connectivity index (χ3v) is 3.61. The molecule has 3 nitrogen and oxygen atoms in total. The van der Waals surface area contributed by atoms with Crippen LogP contribution in [-0.4, -0.2) is 24.9 Å². The zero-order valence-electron chi connectivity index (χ0n) is 12.1. The van der Waals surface area contributed by atoms with Gasteiger partial charge in [-0.2, -0.15) is 0 Å². The summed E-state index contributed by atoms with van der Waals surface area (Å²) < 4.78 is 0. The molecule has 20 heavy (non-hydrogen) atoms. The van der Waals surface area contributed by atoms with E-state index in [1.54, 1.807) is 4.90 Å². The molecule has 0 aliphatic carbocycles. The fourth-order valence-corrected chi connectivity index (χ4v) is 2.21. The Morgan fingerprint density at radius 2 is 1.65 bits per heavy atom. The lowest BCUT2D eigenvalue weighted by Crippen LogP contribution is -2.30. The fraction of sp³-hybridized carbons (Fsp3) is 0.235. The topological polar surface area (TPSA) is 32.3 Å². The van der Waals surface area contributed by atoms with Gasteiger partial charge >= 0.3 is 0 Å². The van der Waals surface area contributed by atoms with Crippen LogP contribution in [0.3, 0.4) is 0 Å². The summed E-state index contributed by atoms with van der Waals surface area (Å²) in [6.07, 6.45) is 0. The van der Waals surface area contributed by atoms with Crippen molar-refractivity contribution in [2.24, 2.45) is 0 Å². The van der Waals surface area contributed by atoms with Crippen molar-refractivity contribution in [3.63, 3.8) is 0 Å². The second-order valence-electron chi connectivity index (χ2n) is 4.80. The molecule has 1 amide bonds. The van der Waals surface area contributed by atoms with Crippen LogP contribution in [0.4, 0.5) is 5.69 Å². The van der Waals surface area contributed by atoms with E-state index in [0.717, 1.165) is 11.3 Å². The predicted octanol–water partition coefficient (Wildman–Crippen LogP) is 3.56. The number of hydrogen-bond donors (Lipinski definition) is 1. The third-order valence-electron chi connectivity index (χ3n) is 3.61. The van der Waals surface area contributed by atoms with E-state index in [9.17, 15) is 4.79 Å². The molecule has 2 aromatic carbocycles. The molecule has 3 heteroatoms. The van der Waals surface area contributed by atoms with Gasteiger partial charge in [0.05, 0.1) is 11.6 Å². The Kier molecular flexibility index (Phi) is 4.41. The Morgan fingerprint density at radius 1 is 1.05 bits per heavy atom. The first-order chi connectivity index (χ1) is 9.65. The van der Waals surface area contributed by atoms with Gasteiger partial charge in [0.25, 0.3) is 5.91 Å². The van der Waals surface area contributed by atoms with E-state index in [1.165, 1.54) is 0 Å². The van der Waals surface area contributed by atoms with E-state index in [0.29, 0.717) is 5.56 Å². The van der Waals surface area contributed by atoms with E-state index < -0.39 is 0 Å². The minimum atomic E-state index is 0.0197. The summed E-state index contributed by atoms with van der Waals surface area (Å²) in [6.45, 7) is 2.04. The number of carbonyl (C=O) groups is 1. The van der Waals surface area contributed by atoms with E-state index in [2.05, 4.69) is 5.32 Å². The van der Waals surface area contributed by atoms with Gasteiger partial charge in [-0.05, 0) is 24.6 Å². The van der Waals surface area contributed by atoms with Gasteiger partial charge in [0.1, 0.15) is 0 Å². The molecule has 1 atom stereocenters. The number of nitrogens with one attached hydrogen (secondary N) is 1. The standard InChI is InChI=1S/C17H20N2O/c1-13(14-9-5-4-6-10-14)19(3)17(20)15-11-7-8-12-16(15)18-2/h4-13,18H,1-3H3. The maximum Gasteiger partial charge on any atom is 0.256 e. The van der Waals surface area contributed by atoms with Crippen molar-refractivity contribution in [3.05, 3.63) is 65.7 Å². The molecule has 0 saturated carbocycles. The van der Waals surface area contributed by atoms with Crippen LogP contribution in [-0.2, 0) is 0 Å². The first-order valence-electron chi connectivity index (χ1n) is 6.74. The highest BCUT2D eigenvalue weighted by Gasteiger charge is 2.20. The van der Waals surface area contributed by atoms with Crippen LogP contribution >= 0.6 is 0 Å². The molecular formula is C17H20N2O. The van der Waals surface area contributed by atoms with Gasteiger partial charge < -0.3 is 10.2 Å². The number of rotatable bonds is 4. The highest BCUT2D eigenvalue weighted by atomic mass is 16.2. The second-order valence-corrected chi connectivity index (χ2v) is 4.80. The van der Waals surface area contributed by atoms with Crippen molar-refractivity contribution in [1.82, 2.24) is 4.90 Å². The van der Waals surface area contributed by atoms with Crippen molar-refractivity contribution in [2.45, 2.75) is 13.0 Å². The Labute approximate surface area is 120 Å². The summed E-state index contributed by atoms with van der Waals surface area (Å²) in [5, 5.41) is 3.06. The maximum atomic E-state index is 12.6. The van der Waals surface area contributed by atoms with Gasteiger partial charge in [-0.15, -0.1) is 0 Å². The van der Waals surface area contributed by atoms with Crippen molar-refractivity contribution >= 4 is 11.6 Å². The van der Waals surface area contributed by atoms with Crippen LogP contribution in [0.25, 0.3) is 0 Å². The van der Waals surface area contributed by atoms with Crippen molar-refractivity contribution in [3.8, 4) is 0 Å². The monoisotopic (exact) mass is 268 g/mol. The number of carbonyl (C=O) groups excluding carboxylic acids is 1. The normalized spacial score (nSPS) is 11.8. The number of hydrogen-bond acceptors (Lipinski definition) is 2. The number of nitrogens with zero attached hydrogens (tertiary/aromatic N) is 1. The average molecular weight is 268 g/mol. The Balaban J connectivity index is 2.24. The van der Waals surface area contributed by atoms with Crippen molar-refractivity contribution in [1.29, 1.82) is 0 Å². The van der Waals surface area contributed by atoms with E-state index in [4.69, 9.17) is 0 Å². The minimum Gasteiger partial charge on any atom is -0.387 e. The quantitative estimate of drug-likeness (QED) is 0.919. The molecule has 1 unspecified atom stereocenters. The summed E-state index contributed by atoms with van der Waals surface area (Å²) in [5.41, 5.74) is 2.68. The summed E-state index contributed by atoms with van der Waals surface area (Å²) in [6, 6.07) is 17.6. The van der Waals surface area contributed by atoms with Crippen LogP contribution in [0, 0.1) is 0 Å². The van der Waals surface area contributed by atoms with Gasteiger partial charge in [-0.25, -0.2) is 0 Å². The van der Waals surface area contributed by atoms with E-state index in [-0.39, 0.29) is 11.9 Å². The Morgan fingerprint density at radius 3 is 2.30 bits per heavy atom. The minimum absolute atomic E-state index is 0.0197. The molecule has 104 valence electrons. The van der Waals surface area contributed by atoms with Gasteiger partial charge in [-0.1, -0.05) is 42.5 Å². The third kappa shape index (κ3) is 2.82.